The molecule has 3 aromatic rings. The van der Waals surface area contributed by atoms with Crippen LogP contribution in [0.2, 0.25) is 0 Å². The second-order valence-electron chi connectivity index (χ2n) is 5.20. The van der Waals surface area contributed by atoms with E-state index in [9.17, 15) is 4.79 Å². The standard InChI is InChI=1S/C17H13N3OS2/c21-16-15(23-17(22)19-16)7-11-9-18-20(10-11)14-6-5-12-3-1-2-4-13(12)8-14/h1-10,17,22H,(H,19,21)/b15-7-. The molecule has 1 amide bonds. The van der Waals surface area contributed by atoms with Gasteiger partial charge >= 0.3 is 0 Å². The van der Waals surface area contributed by atoms with Crippen molar-refractivity contribution < 1.29 is 4.79 Å². The van der Waals surface area contributed by atoms with E-state index < -0.39 is 0 Å². The first kappa shape index (κ1) is 14.4. The molecule has 0 spiro atoms. The Bertz CT molecular complexity index is 932. The van der Waals surface area contributed by atoms with Gasteiger partial charge in [-0.15, -0.1) is 12.6 Å². The number of benzene rings is 2. The highest BCUT2D eigenvalue weighted by atomic mass is 32.2. The summed E-state index contributed by atoms with van der Waals surface area (Å²) in [6.45, 7) is 0. The molecule has 0 aliphatic carbocycles. The monoisotopic (exact) mass is 339 g/mol. The quantitative estimate of drug-likeness (QED) is 0.555. The van der Waals surface area contributed by atoms with Gasteiger partial charge in [0.15, 0.2) is 0 Å². The topological polar surface area (TPSA) is 46.9 Å². The molecule has 1 atom stereocenters. The molecule has 1 unspecified atom stereocenters. The van der Waals surface area contributed by atoms with E-state index in [-0.39, 0.29) is 10.6 Å². The predicted octanol–water partition coefficient (Wildman–Crippen LogP) is 3.44. The number of hydrogen-bond acceptors (Lipinski definition) is 4. The zero-order chi connectivity index (χ0) is 15.8. The molecule has 1 fully saturated rings. The summed E-state index contributed by atoms with van der Waals surface area (Å²) in [5, 5.41) is 9.50. The lowest BCUT2D eigenvalue weighted by atomic mass is 10.1. The fourth-order valence-corrected chi connectivity index (χ4v) is 3.74. The third-order valence-corrected chi connectivity index (χ3v) is 4.96. The molecule has 1 aliphatic heterocycles. The Morgan fingerprint density at radius 1 is 1.22 bits per heavy atom. The van der Waals surface area contributed by atoms with Crippen molar-refractivity contribution in [3.8, 4) is 5.69 Å². The van der Waals surface area contributed by atoms with Gasteiger partial charge in [0.05, 0.1) is 16.8 Å². The van der Waals surface area contributed by atoms with Crippen molar-refractivity contribution >= 4 is 47.1 Å². The summed E-state index contributed by atoms with van der Waals surface area (Å²) in [7, 11) is 0. The van der Waals surface area contributed by atoms with E-state index in [1.807, 2.05) is 35.2 Å². The Morgan fingerprint density at radius 3 is 2.83 bits per heavy atom. The molecule has 1 saturated heterocycles. The van der Waals surface area contributed by atoms with Gasteiger partial charge in [-0.3, -0.25) is 4.79 Å². The average Bonchev–Trinajstić information content (AvgIpc) is 3.14. The van der Waals surface area contributed by atoms with Gasteiger partial charge in [-0.2, -0.15) is 5.10 Å². The fraction of sp³-hybridized carbons (Fsp3) is 0.0588. The summed E-state index contributed by atoms with van der Waals surface area (Å²) < 4.78 is 1.64. The first-order valence-electron chi connectivity index (χ1n) is 7.10. The van der Waals surface area contributed by atoms with Crippen molar-refractivity contribution in [3.05, 3.63) is 65.3 Å². The summed E-state index contributed by atoms with van der Waals surface area (Å²) in [4.78, 5) is 12.4. The molecule has 4 nitrogen and oxygen atoms in total. The summed E-state index contributed by atoms with van der Waals surface area (Å²) in [6, 6.07) is 14.4. The van der Waals surface area contributed by atoms with Gasteiger partial charge in [-0.25, -0.2) is 4.68 Å². The minimum Gasteiger partial charge on any atom is -0.331 e. The third kappa shape index (κ3) is 2.87. The Kier molecular flexibility index (Phi) is 3.63. The van der Waals surface area contributed by atoms with E-state index in [4.69, 9.17) is 0 Å². The maximum absolute atomic E-state index is 11.7. The van der Waals surface area contributed by atoms with Crippen LogP contribution in [0.1, 0.15) is 5.56 Å². The molecule has 1 N–H and O–H groups in total. The van der Waals surface area contributed by atoms with Crippen LogP contribution in [0.4, 0.5) is 0 Å². The molecule has 1 aromatic heterocycles. The maximum Gasteiger partial charge on any atom is 0.259 e. The molecule has 2 aromatic carbocycles. The number of carbonyl (C=O) groups excluding carboxylic acids is 1. The number of nitrogens with one attached hydrogen (secondary N) is 1. The first-order valence-corrected chi connectivity index (χ1v) is 8.50. The van der Waals surface area contributed by atoms with E-state index >= 15 is 0 Å². The van der Waals surface area contributed by atoms with E-state index in [0.717, 1.165) is 11.3 Å². The van der Waals surface area contributed by atoms with Gasteiger partial charge in [0.2, 0.25) is 0 Å². The number of aromatic nitrogens is 2. The van der Waals surface area contributed by atoms with Crippen molar-refractivity contribution in [2.24, 2.45) is 0 Å². The SMILES string of the molecule is O=C1NC(S)S/C1=C\c1cnn(-c2ccc3ccccc3c2)c1. The third-order valence-electron chi connectivity index (χ3n) is 3.61. The smallest absolute Gasteiger partial charge is 0.259 e. The van der Waals surface area contributed by atoms with Crippen molar-refractivity contribution in [2.75, 3.05) is 0 Å². The Morgan fingerprint density at radius 2 is 2.04 bits per heavy atom. The van der Waals surface area contributed by atoms with Crippen LogP contribution in [0.5, 0.6) is 0 Å². The average molecular weight is 339 g/mol. The predicted molar refractivity (Wildman–Crippen MR) is 97.6 cm³/mol. The maximum atomic E-state index is 11.7. The van der Waals surface area contributed by atoms with Gasteiger partial charge in [-0.1, -0.05) is 42.1 Å². The normalized spacial score (nSPS) is 19.4. The highest BCUT2D eigenvalue weighted by Crippen LogP contribution is 2.31. The molecular weight excluding hydrogens is 326 g/mol. The summed E-state index contributed by atoms with van der Waals surface area (Å²) in [6.07, 6.45) is 5.50. The highest BCUT2D eigenvalue weighted by molar-refractivity contribution is 8.14. The fourth-order valence-electron chi connectivity index (χ4n) is 2.51. The summed E-state index contributed by atoms with van der Waals surface area (Å²) in [5.74, 6) is -0.0894. The zero-order valence-corrected chi connectivity index (χ0v) is 13.7. The van der Waals surface area contributed by atoms with Gasteiger partial charge in [0.25, 0.3) is 5.91 Å². The second-order valence-corrected chi connectivity index (χ2v) is 7.21. The number of rotatable bonds is 2. The number of thiol groups is 1. The molecule has 4 rings (SSSR count). The largest absolute Gasteiger partial charge is 0.331 e. The van der Waals surface area contributed by atoms with Crippen LogP contribution in [0.15, 0.2) is 59.8 Å². The van der Waals surface area contributed by atoms with E-state index in [1.165, 1.54) is 22.5 Å². The van der Waals surface area contributed by atoms with Crippen LogP contribution in [0.3, 0.4) is 0 Å². The summed E-state index contributed by atoms with van der Waals surface area (Å²) >= 11 is 5.65. The minimum atomic E-state index is -0.177. The Hall–Kier alpha value is -2.18. The Balaban J connectivity index is 1.67. The number of thioether (sulfide) groups is 1. The van der Waals surface area contributed by atoms with Crippen LogP contribution in [-0.4, -0.2) is 20.4 Å². The van der Waals surface area contributed by atoms with Crippen LogP contribution in [0.25, 0.3) is 22.5 Å². The van der Waals surface area contributed by atoms with Gasteiger partial charge in [0, 0.05) is 11.8 Å². The molecule has 0 saturated carbocycles. The highest BCUT2D eigenvalue weighted by Gasteiger charge is 2.24. The molecule has 2 heterocycles. The molecule has 0 radical (unpaired) electrons. The summed E-state index contributed by atoms with van der Waals surface area (Å²) in [5.41, 5.74) is 1.88. The minimum absolute atomic E-state index is 0.0894. The van der Waals surface area contributed by atoms with Crippen molar-refractivity contribution in [2.45, 2.75) is 4.71 Å². The first-order chi connectivity index (χ1) is 11.2. The number of hydrogen-bond donors (Lipinski definition) is 2. The second kappa shape index (κ2) is 5.79. The molecular formula is C17H13N3OS2. The number of fused-ring (bicyclic) bond motifs is 1. The van der Waals surface area contributed by atoms with Gasteiger partial charge in [0.1, 0.15) is 4.71 Å². The van der Waals surface area contributed by atoms with Crippen molar-refractivity contribution in [3.63, 3.8) is 0 Å². The number of carbonyl (C=O) groups is 1. The van der Waals surface area contributed by atoms with E-state index in [2.05, 4.69) is 47.3 Å². The van der Waals surface area contributed by atoms with Gasteiger partial charge < -0.3 is 5.32 Å². The zero-order valence-electron chi connectivity index (χ0n) is 12.0. The lowest BCUT2D eigenvalue weighted by Crippen LogP contribution is -2.19. The van der Waals surface area contributed by atoms with Crippen LogP contribution in [-0.2, 0) is 4.79 Å². The van der Waals surface area contributed by atoms with Gasteiger partial charge in [-0.05, 0) is 29.0 Å². The molecule has 6 heteroatoms. The molecule has 0 bridgehead atoms. The van der Waals surface area contributed by atoms with Crippen molar-refractivity contribution in [1.29, 1.82) is 0 Å². The Labute approximate surface area is 143 Å². The van der Waals surface area contributed by atoms with E-state index in [0.29, 0.717) is 4.91 Å². The van der Waals surface area contributed by atoms with Crippen LogP contribution < -0.4 is 5.32 Å². The van der Waals surface area contributed by atoms with Crippen molar-refractivity contribution in [1.82, 2.24) is 15.1 Å². The molecule has 23 heavy (non-hydrogen) atoms. The number of nitrogens with zero attached hydrogens (tertiary/aromatic N) is 2. The lowest BCUT2D eigenvalue weighted by molar-refractivity contribution is -0.116. The van der Waals surface area contributed by atoms with Crippen LogP contribution in [0, 0.1) is 0 Å². The van der Waals surface area contributed by atoms with Crippen LogP contribution >= 0.6 is 24.4 Å². The number of amides is 1. The van der Waals surface area contributed by atoms with E-state index in [1.54, 1.807) is 6.20 Å². The molecule has 1 aliphatic rings. The lowest BCUT2D eigenvalue weighted by Gasteiger charge is -2.03. The molecule has 114 valence electrons.